The Bertz CT molecular complexity index is 124. The Morgan fingerprint density at radius 2 is 2.00 bits per heavy atom. The van der Waals surface area contributed by atoms with Gasteiger partial charge in [-0.15, -0.1) is 0 Å². The molecule has 1 saturated heterocycles. The second-order valence-electron chi connectivity index (χ2n) is 3.80. The molecule has 0 spiro atoms. The Kier molecular flexibility index (Phi) is 3.50. The van der Waals surface area contributed by atoms with Crippen molar-refractivity contribution in [1.82, 2.24) is 4.90 Å². The Hall–Kier alpha value is -0.120. The van der Waals surface area contributed by atoms with Crippen LogP contribution in [0.5, 0.6) is 0 Å². The zero-order chi connectivity index (χ0) is 9.03. The molecule has 1 aliphatic rings. The van der Waals surface area contributed by atoms with Gasteiger partial charge < -0.3 is 15.7 Å². The summed E-state index contributed by atoms with van der Waals surface area (Å²) in [7, 11) is 0. The summed E-state index contributed by atoms with van der Waals surface area (Å²) in [4.78, 5) is 2.41. The second-order valence-corrected chi connectivity index (χ2v) is 3.80. The smallest absolute Gasteiger partial charge is 0.0500 e. The Morgan fingerprint density at radius 1 is 1.42 bits per heavy atom. The minimum Gasteiger partial charge on any atom is -0.396 e. The van der Waals surface area contributed by atoms with Crippen LogP contribution < -0.4 is 5.73 Å². The maximum atomic E-state index is 9.20. The summed E-state index contributed by atoms with van der Waals surface area (Å²) in [6.45, 7) is 6.35. The van der Waals surface area contributed by atoms with E-state index in [1.54, 1.807) is 0 Å². The van der Waals surface area contributed by atoms with Crippen molar-refractivity contribution in [3.05, 3.63) is 0 Å². The molecule has 1 heterocycles. The van der Waals surface area contributed by atoms with E-state index in [0.717, 1.165) is 32.5 Å². The molecule has 72 valence electrons. The van der Waals surface area contributed by atoms with Crippen molar-refractivity contribution >= 4 is 0 Å². The number of aliphatic hydroxyl groups excluding tert-OH is 1. The molecular formula is C9H20N2O. The van der Waals surface area contributed by atoms with Crippen LogP contribution in [0.15, 0.2) is 0 Å². The Labute approximate surface area is 74.5 Å². The predicted octanol–water partition coefficient (Wildman–Crippen LogP) is 0.0395. The number of hydrogen-bond donors (Lipinski definition) is 2. The van der Waals surface area contributed by atoms with E-state index in [1.165, 1.54) is 0 Å². The van der Waals surface area contributed by atoms with E-state index in [1.807, 2.05) is 0 Å². The van der Waals surface area contributed by atoms with Crippen LogP contribution in [0.1, 0.15) is 19.8 Å². The normalized spacial score (nSPS) is 24.2. The molecule has 3 nitrogen and oxygen atoms in total. The summed E-state index contributed by atoms with van der Waals surface area (Å²) in [5.74, 6) is 0. The molecule has 0 radical (unpaired) electrons. The third kappa shape index (κ3) is 1.97. The zero-order valence-electron chi connectivity index (χ0n) is 7.92. The average molecular weight is 172 g/mol. The number of nitrogens with zero attached hydrogens (tertiary/aromatic N) is 1. The number of piperidine rings is 1. The Balaban J connectivity index is 2.42. The quantitative estimate of drug-likeness (QED) is 0.632. The lowest BCUT2D eigenvalue weighted by atomic mass is 9.79. The second kappa shape index (κ2) is 4.21. The van der Waals surface area contributed by atoms with E-state index in [9.17, 15) is 5.11 Å². The summed E-state index contributed by atoms with van der Waals surface area (Å²) < 4.78 is 0. The standard InChI is InChI=1S/C9H20N2O/c1-2-11-5-3-9(7-10,8-12)4-6-11/h12H,2-8,10H2,1H3. The lowest BCUT2D eigenvalue weighted by Crippen LogP contribution is -2.45. The van der Waals surface area contributed by atoms with E-state index < -0.39 is 0 Å². The summed E-state index contributed by atoms with van der Waals surface area (Å²) in [6.07, 6.45) is 2.10. The lowest BCUT2D eigenvalue weighted by molar-refractivity contribution is 0.0529. The number of aliphatic hydroxyl groups is 1. The summed E-state index contributed by atoms with van der Waals surface area (Å²) in [5, 5.41) is 9.20. The van der Waals surface area contributed by atoms with E-state index in [2.05, 4.69) is 11.8 Å². The molecule has 3 heteroatoms. The van der Waals surface area contributed by atoms with Gasteiger partial charge in [-0.25, -0.2) is 0 Å². The summed E-state index contributed by atoms with van der Waals surface area (Å²) >= 11 is 0. The fraction of sp³-hybridized carbons (Fsp3) is 1.00. The van der Waals surface area contributed by atoms with Gasteiger partial charge in [0.1, 0.15) is 0 Å². The first-order valence-corrected chi connectivity index (χ1v) is 4.79. The van der Waals surface area contributed by atoms with Gasteiger partial charge in [0.2, 0.25) is 0 Å². The maximum Gasteiger partial charge on any atom is 0.0500 e. The van der Waals surface area contributed by atoms with E-state index in [4.69, 9.17) is 5.73 Å². The molecule has 0 bridgehead atoms. The summed E-state index contributed by atoms with van der Waals surface area (Å²) in [5.41, 5.74) is 5.69. The molecule has 0 aromatic heterocycles. The van der Waals surface area contributed by atoms with Crippen molar-refractivity contribution in [2.24, 2.45) is 11.1 Å². The van der Waals surface area contributed by atoms with Crippen LogP contribution in [0.2, 0.25) is 0 Å². The average Bonchev–Trinajstić information content (AvgIpc) is 2.18. The monoisotopic (exact) mass is 172 g/mol. The highest BCUT2D eigenvalue weighted by atomic mass is 16.3. The first-order valence-electron chi connectivity index (χ1n) is 4.79. The highest BCUT2D eigenvalue weighted by Gasteiger charge is 2.31. The molecule has 1 rings (SSSR count). The number of hydrogen-bond acceptors (Lipinski definition) is 3. The van der Waals surface area contributed by atoms with Crippen LogP contribution in [-0.2, 0) is 0 Å². The minimum atomic E-state index is 0.0334. The first-order chi connectivity index (χ1) is 5.76. The molecule has 0 aromatic rings. The molecule has 0 saturated carbocycles. The third-order valence-corrected chi connectivity index (χ3v) is 3.13. The van der Waals surface area contributed by atoms with E-state index >= 15 is 0 Å². The molecule has 0 unspecified atom stereocenters. The van der Waals surface area contributed by atoms with Crippen LogP contribution in [-0.4, -0.2) is 42.8 Å². The van der Waals surface area contributed by atoms with Gasteiger partial charge >= 0.3 is 0 Å². The molecular weight excluding hydrogens is 152 g/mol. The van der Waals surface area contributed by atoms with Crippen LogP contribution in [0.3, 0.4) is 0 Å². The largest absolute Gasteiger partial charge is 0.396 e. The molecule has 1 fully saturated rings. The molecule has 12 heavy (non-hydrogen) atoms. The third-order valence-electron chi connectivity index (χ3n) is 3.13. The van der Waals surface area contributed by atoms with Gasteiger partial charge in [0.05, 0.1) is 0 Å². The highest BCUT2D eigenvalue weighted by molar-refractivity contribution is 4.85. The fourth-order valence-corrected chi connectivity index (χ4v) is 1.77. The van der Waals surface area contributed by atoms with Crippen molar-refractivity contribution in [2.45, 2.75) is 19.8 Å². The molecule has 0 aromatic carbocycles. The van der Waals surface area contributed by atoms with Crippen molar-refractivity contribution in [2.75, 3.05) is 32.8 Å². The molecule has 1 aliphatic heterocycles. The van der Waals surface area contributed by atoms with Crippen molar-refractivity contribution in [3.63, 3.8) is 0 Å². The molecule has 0 amide bonds. The van der Waals surface area contributed by atoms with Gasteiger partial charge in [0, 0.05) is 18.6 Å². The molecule has 0 atom stereocenters. The lowest BCUT2D eigenvalue weighted by Gasteiger charge is -2.39. The van der Waals surface area contributed by atoms with Gasteiger partial charge in [-0.05, 0) is 32.5 Å². The summed E-state index contributed by atoms with van der Waals surface area (Å²) in [6, 6.07) is 0. The maximum absolute atomic E-state index is 9.20. The van der Waals surface area contributed by atoms with Gasteiger partial charge in [-0.3, -0.25) is 0 Å². The van der Waals surface area contributed by atoms with Crippen molar-refractivity contribution in [1.29, 1.82) is 0 Å². The Morgan fingerprint density at radius 3 is 2.33 bits per heavy atom. The van der Waals surface area contributed by atoms with Crippen LogP contribution >= 0.6 is 0 Å². The van der Waals surface area contributed by atoms with Gasteiger partial charge in [-0.2, -0.15) is 0 Å². The van der Waals surface area contributed by atoms with Gasteiger partial charge in [-0.1, -0.05) is 6.92 Å². The van der Waals surface area contributed by atoms with Crippen molar-refractivity contribution in [3.8, 4) is 0 Å². The molecule has 3 N–H and O–H groups in total. The first kappa shape index (κ1) is 9.96. The number of rotatable bonds is 3. The van der Waals surface area contributed by atoms with Crippen LogP contribution in [0.25, 0.3) is 0 Å². The predicted molar refractivity (Wildman–Crippen MR) is 49.9 cm³/mol. The van der Waals surface area contributed by atoms with E-state index in [-0.39, 0.29) is 12.0 Å². The number of likely N-dealkylation sites (tertiary alicyclic amines) is 1. The van der Waals surface area contributed by atoms with Crippen LogP contribution in [0, 0.1) is 5.41 Å². The van der Waals surface area contributed by atoms with E-state index in [0.29, 0.717) is 6.54 Å². The zero-order valence-corrected chi connectivity index (χ0v) is 7.92. The van der Waals surface area contributed by atoms with Gasteiger partial charge in [0.25, 0.3) is 0 Å². The topological polar surface area (TPSA) is 49.5 Å². The highest BCUT2D eigenvalue weighted by Crippen LogP contribution is 2.29. The van der Waals surface area contributed by atoms with Gasteiger partial charge in [0.15, 0.2) is 0 Å². The SMILES string of the molecule is CCN1CCC(CN)(CO)CC1. The minimum absolute atomic E-state index is 0.0334. The van der Waals surface area contributed by atoms with Crippen LogP contribution in [0.4, 0.5) is 0 Å². The fourth-order valence-electron chi connectivity index (χ4n) is 1.77. The number of nitrogens with two attached hydrogens (primary N) is 1. The van der Waals surface area contributed by atoms with Crippen molar-refractivity contribution < 1.29 is 5.11 Å². The molecule has 0 aliphatic carbocycles.